The Morgan fingerprint density at radius 2 is 2.00 bits per heavy atom. The summed E-state index contributed by atoms with van der Waals surface area (Å²) in [6.07, 6.45) is 3.82. The van der Waals surface area contributed by atoms with E-state index in [-0.39, 0.29) is 11.7 Å². The van der Waals surface area contributed by atoms with Gasteiger partial charge in [-0.2, -0.15) is 0 Å². The molecule has 1 amide bonds. The van der Waals surface area contributed by atoms with Crippen LogP contribution in [0.25, 0.3) is 10.9 Å². The fraction of sp³-hybridized carbons (Fsp3) is 0.273. The molecule has 2 N–H and O–H groups in total. The molecule has 2 aromatic carbocycles. The number of rotatable bonds is 6. The van der Waals surface area contributed by atoms with Crippen LogP contribution in [-0.2, 0) is 4.79 Å². The van der Waals surface area contributed by atoms with Crippen LogP contribution in [0.4, 0.5) is 0 Å². The quantitative estimate of drug-likeness (QED) is 0.608. The van der Waals surface area contributed by atoms with Gasteiger partial charge in [-0.15, -0.1) is 0 Å². The van der Waals surface area contributed by atoms with Gasteiger partial charge in [0.2, 0.25) is 5.91 Å². The number of pyridine rings is 1. The number of fused-ring (bicyclic) bond motifs is 1. The number of aromatic nitrogens is 1. The summed E-state index contributed by atoms with van der Waals surface area (Å²) in [6, 6.07) is 12.7. The number of unbranched alkanes of at least 4 members (excludes halogenated alkanes) is 1. The highest BCUT2D eigenvalue weighted by atomic mass is 35.5. The van der Waals surface area contributed by atoms with Gasteiger partial charge in [0.25, 0.3) is 0 Å². The molecule has 0 radical (unpaired) electrons. The van der Waals surface area contributed by atoms with Gasteiger partial charge in [-0.25, -0.2) is 0 Å². The van der Waals surface area contributed by atoms with Gasteiger partial charge in [0.05, 0.1) is 11.1 Å². The topological polar surface area (TPSA) is 62.2 Å². The molecule has 3 aromatic rings. The lowest BCUT2D eigenvalue weighted by Gasteiger charge is -2.22. The summed E-state index contributed by atoms with van der Waals surface area (Å²) in [5, 5.41) is 15.1. The molecule has 140 valence electrons. The summed E-state index contributed by atoms with van der Waals surface area (Å²) < 4.78 is 0. The zero-order chi connectivity index (χ0) is 19.4. The summed E-state index contributed by atoms with van der Waals surface area (Å²) in [5.74, 6) is -0.0181. The SMILES string of the molecule is CCCCC(=O)N[C@@H](c1ccc(C)cc1)c1cc(Cl)c2cccnc2c1O. The molecule has 0 unspecified atom stereocenters. The number of nitrogens with zero attached hydrogens (tertiary/aromatic N) is 1. The Kier molecular flexibility index (Phi) is 5.97. The third-order valence-electron chi connectivity index (χ3n) is 4.63. The van der Waals surface area contributed by atoms with Crippen LogP contribution in [-0.4, -0.2) is 16.0 Å². The average Bonchev–Trinajstić information content (AvgIpc) is 2.68. The van der Waals surface area contributed by atoms with Gasteiger partial charge >= 0.3 is 0 Å². The van der Waals surface area contributed by atoms with Crippen LogP contribution >= 0.6 is 11.6 Å². The number of nitrogens with one attached hydrogen (secondary N) is 1. The Morgan fingerprint density at radius 1 is 1.26 bits per heavy atom. The monoisotopic (exact) mass is 382 g/mol. The van der Waals surface area contributed by atoms with Crippen LogP contribution in [0.3, 0.4) is 0 Å². The number of aromatic hydroxyl groups is 1. The van der Waals surface area contributed by atoms with E-state index in [0.29, 0.717) is 27.9 Å². The number of hydrogen-bond acceptors (Lipinski definition) is 3. The van der Waals surface area contributed by atoms with E-state index >= 15 is 0 Å². The van der Waals surface area contributed by atoms with Crippen molar-refractivity contribution in [3.05, 3.63) is 70.4 Å². The van der Waals surface area contributed by atoms with Gasteiger partial charge in [0, 0.05) is 23.6 Å². The summed E-state index contributed by atoms with van der Waals surface area (Å²) in [4.78, 5) is 16.7. The van der Waals surface area contributed by atoms with E-state index in [0.717, 1.165) is 24.0 Å². The van der Waals surface area contributed by atoms with Crippen molar-refractivity contribution in [3.8, 4) is 5.75 Å². The lowest BCUT2D eigenvalue weighted by molar-refractivity contribution is -0.121. The molecule has 27 heavy (non-hydrogen) atoms. The van der Waals surface area contributed by atoms with Crippen molar-refractivity contribution in [1.29, 1.82) is 0 Å². The Morgan fingerprint density at radius 3 is 2.70 bits per heavy atom. The summed E-state index contributed by atoms with van der Waals surface area (Å²) in [5.41, 5.74) is 2.98. The van der Waals surface area contributed by atoms with E-state index in [1.807, 2.05) is 44.2 Å². The Hall–Kier alpha value is -2.59. The van der Waals surface area contributed by atoms with Gasteiger partial charge < -0.3 is 10.4 Å². The number of carbonyl (C=O) groups excluding carboxylic acids is 1. The van der Waals surface area contributed by atoms with E-state index < -0.39 is 6.04 Å². The number of aryl methyl sites for hydroxylation is 1. The van der Waals surface area contributed by atoms with Crippen molar-refractivity contribution >= 4 is 28.4 Å². The maximum Gasteiger partial charge on any atom is 0.220 e. The molecule has 1 atom stereocenters. The first kappa shape index (κ1) is 19.2. The van der Waals surface area contributed by atoms with Crippen molar-refractivity contribution in [3.63, 3.8) is 0 Å². The predicted molar refractivity (Wildman–Crippen MR) is 109 cm³/mol. The van der Waals surface area contributed by atoms with Crippen LogP contribution in [0.2, 0.25) is 5.02 Å². The molecule has 1 aromatic heterocycles. The third-order valence-corrected chi connectivity index (χ3v) is 4.94. The van der Waals surface area contributed by atoms with Gasteiger partial charge in [-0.3, -0.25) is 9.78 Å². The van der Waals surface area contributed by atoms with E-state index in [1.165, 1.54) is 0 Å². The number of hydrogen-bond donors (Lipinski definition) is 2. The third kappa shape index (κ3) is 4.22. The summed E-state index contributed by atoms with van der Waals surface area (Å²) in [6.45, 7) is 4.05. The maximum absolute atomic E-state index is 12.4. The highest BCUT2D eigenvalue weighted by Crippen LogP contribution is 2.38. The van der Waals surface area contributed by atoms with Crippen LogP contribution in [0, 0.1) is 6.92 Å². The minimum atomic E-state index is -0.501. The van der Waals surface area contributed by atoms with Crippen LogP contribution in [0.15, 0.2) is 48.7 Å². The Balaban J connectivity index is 2.09. The first-order valence-corrected chi connectivity index (χ1v) is 9.51. The molecule has 4 nitrogen and oxygen atoms in total. The predicted octanol–water partition coefficient (Wildman–Crippen LogP) is 5.30. The molecule has 0 saturated carbocycles. The van der Waals surface area contributed by atoms with Crippen LogP contribution in [0.5, 0.6) is 5.75 Å². The molecule has 0 bridgehead atoms. The second-order valence-corrected chi connectivity index (χ2v) is 7.12. The summed E-state index contributed by atoms with van der Waals surface area (Å²) in [7, 11) is 0. The fourth-order valence-corrected chi connectivity index (χ4v) is 3.37. The highest BCUT2D eigenvalue weighted by Gasteiger charge is 2.23. The van der Waals surface area contributed by atoms with Crippen molar-refractivity contribution in [2.45, 2.75) is 39.2 Å². The van der Waals surface area contributed by atoms with E-state index in [2.05, 4.69) is 10.3 Å². The van der Waals surface area contributed by atoms with Crippen molar-refractivity contribution in [1.82, 2.24) is 10.3 Å². The minimum Gasteiger partial charge on any atom is -0.505 e. The molecule has 0 aliphatic carbocycles. The normalized spacial score (nSPS) is 12.1. The lowest BCUT2D eigenvalue weighted by Crippen LogP contribution is -2.29. The number of benzene rings is 2. The molecule has 1 heterocycles. The molecule has 0 aliphatic heterocycles. The van der Waals surface area contributed by atoms with Gasteiger partial charge in [-0.05, 0) is 37.1 Å². The number of halogens is 1. The zero-order valence-electron chi connectivity index (χ0n) is 15.5. The molecular weight excluding hydrogens is 360 g/mol. The highest BCUT2D eigenvalue weighted by molar-refractivity contribution is 6.35. The van der Waals surface area contributed by atoms with Crippen molar-refractivity contribution in [2.75, 3.05) is 0 Å². The second-order valence-electron chi connectivity index (χ2n) is 6.71. The Bertz CT molecular complexity index is 954. The second kappa shape index (κ2) is 8.40. The lowest BCUT2D eigenvalue weighted by atomic mass is 9.95. The molecule has 3 rings (SSSR count). The van der Waals surface area contributed by atoms with Crippen molar-refractivity contribution in [2.24, 2.45) is 0 Å². The smallest absolute Gasteiger partial charge is 0.220 e. The van der Waals surface area contributed by atoms with Gasteiger partial charge in [0.1, 0.15) is 11.3 Å². The van der Waals surface area contributed by atoms with Crippen LogP contribution < -0.4 is 5.32 Å². The average molecular weight is 383 g/mol. The largest absolute Gasteiger partial charge is 0.505 e. The maximum atomic E-state index is 12.4. The van der Waals surface area contributed by atoms with E-state index in [4.69, 9.17) is 11.6 Å². The minimum absolute atomic E-state index is 0.0383. The number of phenolic OH excluding ortho intramolecular Hbond substituents is 1. The molecule has 0 saturated heterocycles. The standard InChI is InChI=1S/C22H23ClN2O2/c1-3-4-7-19(26)25-20(15-10-8-14(2)9-11-15)17-13-18(23)16-6-5-12-24-21(16)22(17)27/h5-6,8-13,20,27H,3-4,7H2,1-2H3,(H,25,26)/t20-/m0/s1. The molecule has 5 heteroatoms. The molecule has 0 fully saturated rings. The number of phenols is 1. The fourth-order valence-electron chi connectivity index (χ4n) is 3.10. The van der Waals surface area contributed by atoms with Gasteiger partial charge in [0.15, 0.2) is 0 Å². The van der Waals surface area contributed by atoms with Gasteiger partial charge in [-0.1, -0.05) is 54.8 Å². The molecule has 0 spiro atoms. The summed E-state index contributed by atoms with van der Waals surface area (Å²) >= 11 is 6.45. The molecule has 0 aliphatic rings. The number of amides is 1. The Labute approximate surface area is 164 Å². The number of carbonyl (C=O) groups is 1. The van der Waals surface area contributed by atoms with E-state index in [9.17, 15) is 9.90 Å². The zero-order valence-corrected chi connectivity index (χ0v) is 16.3. The van der Waals surface area contributed by atoms with E-state index in [1.54, 1.807) is 18.3 Å². The molecular formula is C22H23ClN2O2. The van der Waals surface area contributed by atoms with Crippen molar-refractivity contribution < 1.29 is 9.90 Å². The van der Waals surface area contributed by atoms with Crippen LogP contribution in [0.1, 0.15) is 48.9 Å². The first-order valence-electron chi connectivity index (χ1n) is 9.13. The first-order chi connectivity index (χ1) is 13.0.